The molecular formula is C29H37KN2O2S. The fourth-order valence-electron chi connectivity index (χ4n) is 4.52. The number of ether oxygens (including phenoxy) is 2. The van der Waals surface area contributed by atoms with Gasteiger partial charge in [0.25, 0.3) is 0 Å². The van der Waals surface area contributed by atoms with Gasteiger partial charge in [0.15, 0.2) is 11.5 Å². The molecule has 0 aliphatic carbocycles. The second kappa shape index (κ2) is 15.0. The van der Waals surface area contributed by atoms with E-state index in [1.54, 1.807) is 0 Å². The molecule has 0 aromatic heterocycles. The maximum absolute atomic E-state index is 5.72. The molecule has 4 nitrogen and oxygen atoms in total. The summed E-state index contributed by atoms with van der Waals surface area (Å²) in [6.45, 7) is 10.8. The molecule has 1 atom stereocenters. The van der Waals surface area contributed by atoms with Gasteiger partial charge in [0.1, 0.15) is 0 Å². The zero-order chi connectivity index (χ0) is 23.8. The Hall–Kier alpha value is -0.574. The number of aryl methyl sites for hydroxylation is 1. The summed E-state index contributed by atoms with van der Waals surface area (Å²) in [6, 6.07) is 19.8. The third-order valence-corrected chi connectivity index (χ3v) is 7.27. The number of rotatable bonds is 13. The van der Waals surface area contributed by atoms with Gasteiger partial charge in [0.05, 0.1) is 0 Å². The Morgan fingerprint density at radius 3 is 2.46 bits per heavy atom. The van der Waals surface area contributed by atoms with Gasteiger partial charge < -0.3 is 14.8 Å². The van der Waals surface area contributed by atoms with Crippen LogP contribution in [0.3, 0.4) is 0 Å². The Morgan fingerprint density at radius 2 is 1.71 bits per heavy atom. The van der Waals surface area contributed by atoms with Crippen molar-refractivity contribution in [3.05, 3.63) is 71.0 Å². The zero-order valence-corrected chi connectivity index (χ0v) is 25.7. The van der Waals surface area contributed by atoms with E-state index in [4.69, 9.17) is 9.47 Å². The number of nitrogens with zero attached hydrogens (tertiary/aromatic N) is 2. The average molecular weight is 517 g/mol. The predicted molar refractivity (Wildman–Crippen MR) is 144 cm³/mol. The van der Waals surface area contributed by atoms with Gasteiger partial charge >= 0.3 is 51.4 Å². The molecule has 3 aromatic carbocycles. The van der Waals surface area contributed by atoms with Crippen molar-refractivity contribution in [2.75, 3.05) is 26.4 Å². The van der Waals surface area contributed by atoms with E-state index in [1.165, 1.54) is 33.2 Å². The third-order valence-electron chi connectivity index (χ3n) is 6.27. The Bertz CT molecular complexity index is 1080. The molecular weight excluding hydrogens is 479 g/mol. The van der Waals surface area contributed by atoms with E-state index in [0.29, 0.717) is 12.7 Å². The molecule has 0 saturated carbocycles. The van der Waals surface area contributed by atoms with Gasteiger partial charge in [-0.15, -0.1) is 6.54 Å². The summed E-state index contributed by atoms with van der Waals surface area (Å²) in [4.78, 5) is 1.28. The van der Waals surface area contributed by atoms with Gasteiger partial charge in [-0.05, 0) is 70.5 Å². The molecule has 1 unspecified atom stereocenters. The van der Waals surface area contributed by atoms with Gasteiger partial charge in [-0.2, -0.15) is 6.54 Å². The quantitative estimate of drug-likeness (QED) is 0.185. The number of fused-ring (bicyclic) bond motifs is 2. The van der Waals surface area contributed by atoms with E-state index in [9.17, 15) is 0 Å². The van der Waals surface area contributed by atoms with E-state index >= 15 is 0 Å². The summed E-state index contributed by atoms with van der Waals surface area (Å²) in [5, 5.41) is 7.08. The molecule has 0 N–H and O–H groups in total. The summed E-state index contributed by atoms with van der Waals surface area (Å²) in [7, 11) is 0. The monoisotopic (exact) mass is 516 g/mol. The predicted octanol–water partition coefficient (Wildman–Crippen LogP) is 4.84. The Labute approximate surface area is 258 Å². The largest absolute Gasteiger partial charge is 1.00 e. The van der Waals surface area contributed by atoms with Crippen LogP contribution >= 0.6 is 11.9 Å². The minimum atomic E-state index is 0. The van der Waals surface area contributed by atoms with Gasteiger partial charge in [0, 0.05) is 18.0 Å². The van der Waals surface area contributed by atoms with Crippen LogP contribution in [0.4, 0.5) is 0 Å². The molecule has 1 aliphatic heterocycles. The molecule has 0 amide bonds. The molecule has 0 saturated heterocycles. The number of benzene rings is 3. The van der Waals surface area contributed by atoms with Crippen molar-refractivity contribution in [2.24, 2.45) is 5.92 Å². The van der Waals surface area contributed by atoms with Crippen LogP contribution in [-0.4, -0.2) is 30.7 Å². The first kappa shape index (κ1) is 29.0. The van der Waals surface area contributed by atoms with Crippen molar-refractivity contribution >= 4 is 22.7 Å². The van der Waals surface area contributed by atoms with E-state index in [1.807, 2.05) is 11.9 Å². The van der Waals surface area contributed by atoms with E-state index < -0.39 is 0 Å². The zero-order valence-electron chi connectivity index (χ0n) is 21.8. The summed E-state index contributed by atoms with van der Waals surface area (Å²) >= 11 is 1.87. The van der Waals surface area contributed by atoms with Crippen LogP contribution < -0.4 is 60.9 Å². The molecule has 1 aliphatic rings. The molecule has 0 bridgehead atoms. The molecule has 1 heterocycles. The van der Waals surface area contributed by atoms with Crippen molar-refractivity contribution in [3.63, 3.8) is 0 Å². The average Bonchev–Trinajstić information content (AvgIpc) is 3.29. The minimum absolute atomic E-state index is 0. The van der Waals surface area contributed by atoms with Gasteiger partial charge in [-0.1, -0.05) is 70.4 Å². The Balaban J connectivity index is 0.00000342. The molecule has 35 heavy (non-hydrogen) atoms. The fourth-order valence-corrected chi connectivity index (χ4v) is 5.66. The summed E-state index contributed by atoms with van der Waals surface area (Å²) in [6.07, 6.45) is 4.52. The smallest absolute Gasteiger partial charge is 0.662 e. The normalized spacial score (nSPS) is 13.3. The van der Waals surface area contributed by atoms with Crippen LogP contribution in [0.1, 0.15) is 51.2 Å². The standard InChI is InChI=1S/C29H37N2O2S.K/c1-4-9-24-17-28-29(33-21-32-28)18-26(24)20-31(19-22(3)10-8-15-30-5-2)34-27-14-13-23-11-6-7-12-25(23)16-27;/h6-7,11-14,16-18,22H,4-5,8-10,15,19-21H2,1-3H3;/q-1;+1. The Morgan fingerprint density at radius 1 is 0.971 bits per heavy atom. The van der Waals surface area contributed by atoms with Crippen LogP contribution in [0, 0.1) is 5.92 Å². The van der Waals surface area contributed by atoms with Crippen molar-refractivity contribution < 1.29 is 60.9 Å². The molecule has 6 heteroatoms. The first-order valence-corrected chi connectivity index (χ1v) is 13.4. The molecule has 3 aromatic rings. The topological polar surface area (TPSA) is 35.8 Å². The van der Waals surface area contributed by atoms with Crippen LogP contribution in [0.5, 0.6) is 11.5 Å². The first-order chi connectivity index (χ1) is 16.7. The Kier molecular flexibility index (Phi) is 12.4. The van der Waals surface area contributed by atoms with Gasteiger partial charge in [-0.3, -0.25) is 0 Å². The van der Waals surface area contributed by atoms with Crippen LogP contribution in [0.25, 0.3) is 16.1 Å². The van der Waals surface area contributed by atoms with Crippen LogP contribution in [0.2, 0.25) is 0 Å². The van der Waals surface area contributed by atoms with Crippen molar-refractivity contribution in [1.82, 2.24) is 4.31 Å². The fraction of sp³-hybridized carbons (Fsp3) is 0.448. The molecule has 0 spiro atoms. The molecule has 182 valence electrons. The SMILES string of the molecule is CCCc1cc2c(cc1CN(CC(C)CCC[N-]CC)Sc1ccc3ccccc3c1)OCO2.[K+]. The second-order valence-corrected chi connectivity index (χ2v) is 10.3. The van der Waals surface area contributed by atoms with Crippen molar-refractivity contribution in [1.29, 1.82) is 0 Å². The third kappa shape index (κ3) is 8.47. The summed E-state index contributed by atoms with van der Waals surface area (Å²) in [5.41, 5.74) is 2.71. The van der Waals surface area contributed by atoms with E-state index in [0.717, 1.165) is 56.9 Å². The summed E-state index contributed by atoms with van der Waals surface area (Å²) in [5.74, 6) is 2.36. The molecule has 0 radical (unpaired) electrons. The van der Waals surface area contributed by atoms with Crippen molar-refractivity contribution in [2.45, 2.75) is 57.9 Å². The van der Waals surface area contributed by atoms with Crippen LogP contribution in [-0.2, 0) is 13.0 Å². The van der Waals surface area contributed by atoms with E-state index in [2.05, 4.69) is 85.0 Å². The van der Waals surface area contributed by atoms with Crippen LogP contribution in [0.15, 0.2) is 59.5 Å². The van der Waals surface area contributed by atoms with Gasteiger partial charge in [0.2, 0.25) is 6.79 Å². The number of hydrogen-bond acceptors (Lipinski definition) is 4. The maximum Gasteiger partial charge on any atom is 1.00 e. The molecule has 4 rings (SSSR count). The molecule has 0 fully saturated rings. The first-order valence-electron chi connectivity index (χ1n) is 12.6. The second-order valence-electron chi connectivity index (χ2n) is 9.16. The number of hydrogen-bond donors (Lipinski definition) is 0. The minimum Gasteiger partial charge on any atom is -0.662 e. The summed E-state index contributed by atoms with van der Waals surface area (Å²) < 4.78 is 13.9. The van der Waals surface area contributed by atoms with Gasteiger partial charge in [-0.25, -0.2) is 4.31 Å². The maximum atomic E-state index is 5.72. The van der Waals surface area contributed by atoms with Crippen molar-refractivity contribution in [3.8, 4) is 11.5 Å². The van der Waals surface area contributed by atoms with E-state index in [-0.39, 0.29) is 51.4 Å².